The monoisotopic (exact) mass is 293 g/mol. The van der Waals surface area contributed by atoms with E-state index in [-0.39, 0.29) is 12.1 Å². The minimum Gasteiger partial charge on any atom is -0.334 e. The molecular formula is C13H16ClN5O. The highest BCUT2D eigenvalue weighted by molar-refractivity contribution is 6.31. The van der Waals surface area contributed by atoms with Crippen LogP contribution in [-0.2, 0) is 6.54 Å². The van der Waals surface area contributed by atoms with Crippen molar-refractivity contribution < 1.29 is 4.79 Å². The van der Waals surface area contributed by atoms with Gasteiger partial charge < -0.3 is 10.6 Å². The molecular weight excluding hydrogens is 278 g/mol. The van der Waals surface area contributed by atoms with Crippen LogP contribution in [0.4, 0.5) is 10.5 Å². The van der Waals surface area contributed by atoms with E-state index >= 15 is 0 Å². The normalized spacial score (nSPS) is 11.9. The summed E-state index contributed by atoms with van der Waals surface area (Å²) in [5, 5.41) is 10.2. The van der Waals surface area contributed by atoms with Gasteiger partial charge in [-0.2, -0.15) is 5.10 Å². The predicted octanol–water partition coefficient (Wildman–Crippen LogP) is 2.45. The second kappa shape index (κ2) is 6.38. The Morgan fingerprint density at radius 2 is 2.30 bits per heavy atom. The molecule has 0 spiro atoms. The Hall–Kier alpha value is -2.08. The van der Waals surface area contributed by atoms with E-state index in [0.29, 0.717) is 17.3 Å². The van der Waals surface area contributed by atoms with Crippen LogP contribution in [0.3, 0.4) is 0 Å². The molecule has 2 aromatic rings. The van der Waals surface area contributed by atoms with Gasteiger partial charge >= 0.3 is 6.03 Å². The van der Waals surface area contributed by atoms with Gasteiger partial charge in [-0.25, -0.2) is 9.78 Å². The van der Waals surface area contributed by atoms with Gasteiger partial charge in [0.2, 0.25) is 0 Å². The quantitative estimate of drug-likeness (QED) is 0.909. The summed E-state index contributed by atoms with van der Waals surface area (Å²) in [6.45, 7) is 4.36. The molecule has 1 heterocycles. The zero-order chi connectivity index (χ0) is 14.5. The van der Waals surface area contributed by atoms with Crippen LogP contribution in [0, 0.1) is 6.92 Å². The summed E-state index contributed by atoms with van der Waals surface area (Å²) in [7, 11) is 0. The van der Waals surface area contributed by atoms with Crippen LogP contribution in [0.5, 0.6) is 0 Å². The molecule has 6 nitrogen and oxygen atoms in total. The highest BCUT2D eigenvalue weighted by atomic mass is 35.5. The molecule has 7 heteroatoms. The topological polar surface area (TPSA) is 71.8 Å². The molecule has 2 amide bonds. The zero-order valence-electron chi connectivity index (χ0n) is 11.3. The Labute approximate surface area is 122 Å². The number of aryl methyl sites for hydroxylation is 1. The van der Waals surface area contributed by atoms with Gasteiger partial charge in [0.05, 0.1) is 6.54 Å². The number of aromatic nitrogens is 3. The third-order valence-electron chi connectivity index (χ3n) is 2.73. The smallest absolute Gasteiger partial charge is 0.319 e. The van der Waals surface area contributed by atoms with Gasteiger partial charge in [-0.3, -0.25) is 4.68 Å². The van der Waals surface area contributed by atoms with Gasteiger partial charge in [0.1, 0.15) is 12.7 Å². The summed E-state index contributed by atoms with van der Waals surface area (Å²) < 4.78 is 1.66. The minimum atomic E-state index is -0.280. The number of rotatable bonds is 4. The highest BCUT2D eigenvalue weighted by Gasteiger charge is 2.09. The van der Waals surface area contributed by atoms with Gasteiger partial charge in [0, 0.05) is 16.8 Å². The van der Waals surface area contributed by atoms with Crippen LogP contribution in [0.2, 0.25) is 5.02 Å². The Kier molecular flexibility index (Phi) is 4.57. The number of nitrogens with zero attached hydrogens (tertiary/aromatic N) is 3. The van der Waals surface area contributed by atoms with Crippen molar-refractivity contribution in [2.75, 3.05) is 5.32 Å². The van der Waals surface area contributed by atoms with Gasteiger partial charge in [0.15, 0.2) is 0 Å². The van der Waals surface area contributed by atoms with Crippen LogP contribution in [-0.4, -0.2) is 26.8 Å². The van der Waals surface area contributed by atoms with E-state index in [4.69, 9.17) is 11.6 Å². The summed E-state index contributed by atoms with van der Waals surface area (Å²) in [6, 6.07) is 5.04. The maximum absolute atomic E-state index is 11.8. The number of amides is 2. The van der Waals surface area contributed by atoms with Crippen molar-refractivity contribution in [3.8, 4) is 0 Å². The SMILES string of the molecule is Cc1ccc(NC(=O)NC(C)Cn2cncn2)cc1Cl. The number of nitrogens with one attached hydrogen (secondary N) is 2. The van der Waals surface area contributed by atoms with E-state index in [2.05, 4.69) is 20.7 Å². The third kappa shape index (κ3) is 3.96. The maximum Gasteiger partial charge on any atom is 0.319 e. The Morgan fingerprint density at radius 3 is 2.95 bits per heavy atom. The number of halogens is 1. The highest BCUT2D eigenvalue weighted by Crippen LogP contribution is 2.19. The molecule has 1 unspecified atom stereocenters. The number of anilines is 1. The van der Waals surface area contributed by atoms with Crippen molar-refractivity contribution in [3.05, 3.63) is 41.4 Å². The van der Waals surface area contributed by atoms with E-state index in [9.17, 15) is 4.79 Å². The molecule has 106 valence electrons. The summed E-state index contributed by atoms with van der Waals surface area (Å²) in [6.07, 6.45) is 3.07. The minimum absolute atomic E-state index is 0.0716. The molecule has 1 aromatic carbocycles. The second-order valence-electron chi connectivity index (χ2n) is 4.58. The third-order valence-corrected chi connectivity index (χ3v) is 3.14. The van der Waals surface area contributed by atoms with Crippen molar-refractivity contribution in [1.29, 1.82) is 0 Å². The van der Waals surface area contributed by atoms with Crippen LogP contribution in [0.25, 0.3) is 0 Å². The fourth-order valence-corrected chi connectivity index (χ4v) is 1.90. The molecule has 1 atom stereocenters. The molecule has 0 saturated heterocycles. The Balaban J connectivity index is 1.87. The molecule has 2 N–H and O–H groups in total. The first-order valence-electron chi connectivity index (χ1n) is 6.20. The Morgan fingerprint density at radius 1 is 1.50 bits per heavy atom. The summed E-state index contributed by atoms with van der Waals surface area (Å²) >= 11 is 6.01. The van der Waals surface area contributed by atoms with E-state index in [1.165, 1.54) is 6.33 Å². The number of benzene rings is 1. The molecule has 0 saturated carbocycles. The first kappa shape index (κ1) is 14.3. The molecule has 20 heavy (non-hydrogen) atoms. The van der Waals surface area contributed by atoms with Crippen molar-refractivity contribution in [1.82, 2.24) is 20.1 Å². The van der Waals surface area contributed by atoms with Crippen LogP contribution in [0.15, 0.2) is 30.9 Å². The second-order valence-corrected chi connectivity index (χ2v) is 4.99. The summed E-state index contributed by atoms with van der Waals surface area (Å²) in [5.74, 6) is 0. The summed E-state index contributed by atoms with van der Waals surface area (Å²) in [4.78, 5) is 15.7. The average molecular weight is 294 g/mol. The molecule has 0 aliphatic rings. The zero-order valence-corrected chi connectivity index (χ0v) is 12.1. The predicted molar refractivity (Wildman–Crippen MR) is 77.8 cm³/mol. The summed E-state index contributed by atoms with van der Waals surface area (Å²) in [5.41, 5.74) is 1.63. The maximum atomic E-state index is 11.8. The number of urea groups is 1. The van der Waals surface area contributed by atoms with Gasteiger partial charge in [-0.05, 0) is 31.5 Å². The molecule has 0 aliphatic heterocycles. The van der Waals surface area contributed by atoms with Gasteiger partial charge in [-0.15, -0.1) is 0 Å². The van der Waals surface area contributed by atoms with Crippen LogP contribution >= 0.6 is 11.6 Å². The van der Waals surface area contributed by atoms with Crippen LogP contribution in [0.1, 0.15) is 12.5 Å². The van der Waals surface area contributed by atoms with Gasteiger partial charge in [0.25, 0.3) is 0 Å². The number of carbonyl (C=O) groups excluding carboxylic acids is 1. The fourth-order valence-electron chi connectivity index (χ4n) is 1.71. The molecule has 0 aliphatic carbocycles. The number of hydrogen-bond donors (Lipinski definition) is 2. The lowest BCUT2D eigenvalue weighted by Crippen LogP contribution is -2.38. The van der Waals surface area contributed by atoms with Crippen molar-refractivity contribution in [2.45, 2.75) is 26.4 Å². The first-order valence-corrected chi connectivity index (χ1v) is 6.58. The Bertz CT molecular complexity index is 584. The van der Waals surface area contributed by atoms with Crippen LogP contribution < -0.4 is 10.6 Å². The van der Waals surface area contributed by atoms with Gasteiger partial charge in [-0.1, -0.05) is 17.7 Å². The van der Waals surface area contributed by atoms with E-state index in [0.717, 1.165) is 5.56 Å². The van der Waals surface area contributed by atoms with Crippen molar-refractivity contribution in [2.24, 2.45) is 0 Å². The lowest BCUT2D eigenvalue weighted by molar-refractivity contribution is 0.247. The van der Waals surface area contributed by atoms with Crippen molar-refractivity contribution >= 4 is 23.3 Å². The van der Waals surface area contributed by atoms with E-state index in [1.54, 1.807) is 17.1 Å². The molecule has 0 radical (unpaired) electrons. The lowest BCUT2D eigenvalue weighted by atomic mass is 10.2. The lowest BCUT2D eigenvalue weighted by Gasteiger charge is -2.14. The van der Waals surface area contributed by atoms with Crippen molar-refractivity contribution in [3.63, 3.8) is 0 Å². The molecule has 0 bridgehead atoms. The molecule has 2 rings (SSSR count). The van der Waals surface area contributed by atoms with E-state index in [1.807, 2.05) is 26.0 Å². The fraction of sp³-hybridized carbons (Fsp3) is 0.308. The number of carbonyl (C=O) groups is 1. The largest absolute Gasteiger partial charge is 0.334 e. The molecule has 0 fully saturated rings. The van der Waals surface area contributed by atoms with E-state index < -0.39 is 0 Å². The first-order chi connectivity index (χ1) is 9.54. The standard InChI is InChI=1S/C13H16ClN5O/c1-9-3-4-11(5-12(9)14)18-13(20)17-10(2)6-19-8-15-7-16-19/h3-5,7-8,10H,6H2,1-2H3,(H2,17,18,20). The molecule has 1 aromatic heterocycles. The number of hydrogen-bond acceptors (Lipinski definition) is 3. The average Bonchev–Trinajstić information content (AvgIpc) is 2.86.